The summed E-state index contributed by atoms with van der Waals surface area (Å²) < 4.78 is 31.7. The van der Waals surface area contributed by atoms with Gasteiger partial charge >= 0.3 is 12.1 Å². The van der Waals surface area contributed by atoms with E-state index in [1.807, 2.05) is 0 Å². The maximum absolute atomic E-state index is 11.8. The summed E-state index contributed by atoms with van der Waals surface area (Å²) in [6, 6.07) is 0.217. The summed E-state index contributed by atoms with van der Waals surface area (Å²) in [7, 11) is 0. The van der Waals surface area contributed by atoms with Crippen molar-refractivity contribution in [1.29, 1.82) is 0 Å². The predicted molar refractivity (Wildman–Crippen MR) is 74.1 cm³/mol. The van der Waals surface area contributed by atoms with Crippen LogP contribution in [0.4, 0.5) is 13.2 Å². The molecule has 7 nitrogen and oxygen atoms in total. The Labute approximate surface area is 134 Å². The fourth-order valence-corrected chi connectivity index (χ4v) is 1.82. The number of alkyl halides is 3. The SMILES string of the molecule is O=C(NC1CCNCC1)c1cncc(Cl)n1.O=C(O)C(F)(F)F. The van der Waals surface area contributed by atoms with Crippen LogP contribution in [0.1, 0.15) is 23.3 Å². The zero-order valence-electron chi connectivity index (χ0n) is 11.7. The second-order valence-corrected chi connectivity index (χ2v) is 4.91. The number of nitrogens with one attached hydrogen (secondary N) is 2. The Morgan fingerprint density at radius 3 is 2.35 bits per heavy atom. The molecule has 0 unspecified atom stereocenters. The van der Waals surface area contributed by atoms with Crippen LogP contribution in [0, 0.1) is 0 Å². The molecule has 1 aromatic heterocycles. The highest BCUT2D eigenvalue weighted by Crippen LogP contribution is 2.13. The molecule has 0 spiro atoms. The zero-order valence-corrected chi connectivity index (χ0v) is 12.5. The summed E-state index contributed by atoms with van der Waals surface area (Å²) in [5.41, 5.74) is 0.269. The largest absolute Gasteiger partial charge is 0.490 e. The molecule has 0 aromatic carbocycles. The Hall–Kier alpha value is -1.94. The Bertz CT molecular complexity index is 551. The van der Waals surface area contributed by atoms with E-state index in [0.717, 1.165) is 25.9 Å². The molecule has 2 heterocycles. The fourth-order valence-electron chi connectivity index (χ4n) is 1.68. The maximum atomic E-state index is 11.8. The number of nitrogens with zero attached hydrogens (tertiary/aromatic N) is 2. The van der Waals surface area contributed by atoms with Gasteiger partial charge in [0.25, 0.3) is 5.91 Å². The number of amides is 1. The molecule has 0 radical (unpaired) electrons. The second-order valence-electron chi connectivity index (χ2n) is 4.53. The molecule has 0 atom stereocenters. The van der Waals surface area contributed by atoms with Crippen LogP contribution in [0.15, 0.2) is 12.4 Å². The van der Waals surface area contributed by atoms with E-state index in [1.165, 1.54) is 12.4 Å². The van der Waals surface area contributed by atoms with Gasteiger partial charge in [0, 0.05) is 6.04 Å². The first kappa shape index (κ1) is 19.1. The second kappa shape index (κ2) is 8.63. The van der Waals surface area contributed by atoms with Crippen molar-refractivity contribution in [2.24, 2.45) is 0 Å². The zero-order chi connectivity index (χ0) is 17.5. The fraction of sp³-hybridized carbons (Fsp3) is 0.500. The van der Waals surface area contributed by atoms with Crippen LogP contribution >= 0.6 is 11.6 Å². The van der Waals surface area contributed by atoms with Gasteiger partial charge in [-0.05, 0) is 25.9 Å². The molecule has 0 saturated carbocycles. The van der Waals surface area contributed by atoms with E-state index in [-0.39, 0.29) is 22.8 Å². The summed E-state index contributed by atoms with van der Waals surface area (Å²) in [5, 5.41) is 13.5. The topological polar surface area (TPSA) is 104 Å². The molecule has 1 aliphatic rings. The first-order valence-electron chi connectivity index (χ1n) is 6.49. The average molecular weight is 355 g/mol. The normalized spacial score (nSPS) is 15.3. The van der Waals surface area contributed by atoms with Crippen molar-refractivity contribution in [1.82, 2.24) is 20.6 Å². The van der Waals surface area contributed by atoms with Crippen molar-refractivity contribution in [3.63, 3.8) is 0 Å². The Morgan fingerprint density at radius 2 is 1.87 bits per heavy atom. The molecule has 0 aliphatic carbocycles. The monoisotopic (exact) mass is 354 g/mol. The van der Waals surface area contributed by atoms with E-state index in [1.54, 1.807) is 0 Å². The lowest BCUT2D eigenvalue weighted by atomic mass is 10.1. The van der Waals surface area contributed by atoms with Gasteiger partial charge in [-0.15, -0.1) is 0 Å². The number of carbonyl (C=O) groups excluding carboxylic acids is 1. The summed E-state index contributed by atoms with van der Waals surface area (Å²) in [5.74, 6) is -2.96. The van der Waals surface area contributed by atoms with Crippen molar-refractivity contribution < 1.29 is 27.9 Å². The lowest BCUT2D eigenvalue weighted by molar-refractivity contribution is -0.192. The smallest absolute Gasteiger partial charge is 0.475 e. The standard InChI is InChI=1S/C10H13ClN4O.C2HF3O2/c11-9-6-13-5-8(15-9)10(16)14-7-1-3-12-4-2-7;3-2(4,5)1(6)7/h5-7,12H,1-4H2,(H,14,16);(H,6,7). The molecule has 11 heteroatoms. The predicted octanol–water partition coefficient (Wildman–Crippen LogP) is 1.25. The summed E-state index contributed by atoms with van der Waals surface area (Å²) >= 11 is 5.67. The van der Waals surface area contributed by atoms with E-state index in [4.69, 9.17) is 21.5 Å². The number of halogens is 4. The number of hydrogen-bond donors (Lipinski definition) is 3. The first-order valence-corrected chi connectivity index (χ1v) is 6.87. The van der Waals surface area contributed by atoms with Crippen molar-refractivity contribution >= 4 is 23.5 Å². The van der Waals surface area contributed by atoms with Gasteiger partial charge in [0.2, 0.25) is 0 Å². The number of piperidine rings is 1. The summed E-state index contributed by atoms with van der Waals surface area (Å²) in [4.78, 5) is 28.4. The van der Waals surface area contributed by atoms with Crippen LogP contribution in [-0.4, -0.2) is 52.3 Å². The van der Waals surface area contributed by atoms with Crippen LogP contribution in [0.25, 0.3) is 0 Å². The van der Waals surface area contributed by atoms with Crippen LogP contribution in [0.3, 0.4) is 0 Å². The quantitative estimate of drug-likeness (QED) is 0.738. The highest BCUT2D eigenvalue weighted by atomic mass is 35.5. The molecule has 23 heavy (non-hydrogen) atoms. The number of carboxylic acid groups (broad SMARTS) is 1. The number of aliphatic carboxylic acids is 1. The van der Waals surface area contributed by atoms with Crippen molar-refractivity contribution in [3.8, 4) is 0 Å². The van der Waals surface area contributed by atoms with Gasteiger partial charge in [0.15, 0.2) is 0 Å². The first-order chi connectivity index (χ1) is 10.7. The maximum Gasteiger partial charge on any atom is 0.490 e. The Kier molecular flexibility index (Phi) is 7.17. The van der Waals surface area contributed by atoms with Gasteiger partial charge in [-0.3, -0.25) is 9.78 Å². The molecule has 1 aromatic rings. The minimum atomic E-state index is -5.08. The molecule has 0 bridgehead atoms. The molecule has 1 fully saturated rings. The third kappa shape index (κ3) is 7.24. The van der Waals surface area contributed by atoms with Crippen LogP contribution in [0.2, 0.25) is 5.15 Å². The van der Waals surface area contributed by atoms with E-state index < -0.39 is 12.1 Å². The molecule has 3 N–H and O–H groups in total. The highest BCUT2D eigenvalue weighted by molar-refractivity contribution is 6.29. The van der Waals surface area contributed by atoms with E-state index in [9.17, 15) is 18.0 Å². The number of aromatic nitrogens is 2. The highest BCUT2D eigenvalue weighted by Gasteiger charge is 2.38. The van der Waals surface area contributed by atoms with Crippen LogP contribution in [-0.2, 0) is 4.79 Å². The number of hydrogen-bond acceptors (Lipinski definition) is 5. The van der Waals surface area contributed by atoms with E-state index in [2.05, 4.69) is 20.6 Å². The van der Waals surface area contributed by atoms with Crippen molar-refractivity contribution in [3.05, 3.63) is 23.2 Å². The Morgan fingerprint density at radius 1 is 1.30 bits per heavy atom. The number of carboxylic acids is 1. The number of carbonyl (C=O) groups is 2. The summed E-state index contributed by atoms with van der Waals surface area (Å²) in [6.07, 6.45) is -0.370. The average Bonchev–Trinajstić information content (AvgIpc) is 2.48. The van der Waals surface area contributed by atoms with Crippen LogP contribution < -0.4 is 10.6 Å². The number of rotatable bonds is 2. The van der Waals surface area contributed by atoms with Gasteiger partial charge < -0.3 is 15.7 Å². The minimum Gasteiger partial charge on any atom is -0.475 e. The van der Waals surface area contributed by atoms with Crippen LogP contribution in [0.5, 0.6) is 0 Å². The Balaban J connectivity index is 0.000000322. The van der Waals surface area contributed by atoms with Gasteiger partial charge in [0.05, 0.1) is 12.4 Å². The third-order valence-corrected chi connectivity index (χ3v) is 2.94. The lowest BCUT2D eigenvalue weighted by Gasteiger charge is -2.23. The van der Waals surface area contributed by atoms with Gasteiger partial charge in [0.1, 0.15) is 10.8 Å². The van der Waals surface area contributed by atoms with E-state index >= 15 is 0 Å². The molecular weight excluding hydrogens is 341 g/mol. The van der Waals surface area contributed by atoms with Gasteiger partial charge in [-0.2, -0.15) is 13.2 Å². The van der Waals surface area contributed by atoms with Gasteiger partial charge in [-0.25, -0.2) is 9.78 Å². The summed E-state index contributed by atoms with van der Waals surface area (Å²) in [6.45, 7) is 1.87. The molecule has 1 amide bonds. The molecular formula is C12H14ClF3N4O3. The van der Waals surface area contributed by atoms with Crippen molar-refractivity contribution in [2.75, 3.05) is 13.1 Å². The molecule has 2 rings (SSSR count). The molecule has 128 valence electrons. The van der Waals surface area contributed by atoms with Gasteiger partial charge in [-0.1, -0.05) is 11.6 Å². The van der Waals surface area contributed by atoms with E-state index in [0.29, 0.717) is 0 Å². The third-order valence-electron chi connectivity index (χ3n) is 2.75. The van der Waals surface area contributed by atoms with Crippen molar-refractivity contribution in [2.45, 2.75) is 25.1 Å². The minimum absolute atomic E-state index is 0.207. The molecule has 1 saturated heterocycles. The lowest BCUT2D eigenvalue weighted by Crippen LogP contribution is -2.42. The molecule has 1 aliphatic heterocycles.